The van der Waals surface area contributed by atoms with Gasteiger partial charge in [-0.3, -0.25) is 4.90 Å². The Hall–Kier alpha value is -2.46. The summed E-state index contributed by atoms with van der Waals surface area (Å²) in [6, 6.07) is 30.2. The quantitative estimate of drug-likeness (QED) is 0.609. The van der Waals surface area contributed by atoms with Gasteiger partial charge in [0.1, 0.15) is 0 Å². The molecule has 0 saturated carbocycles. The number of hydrogen-bond donors (Lipinski definition) is 2. The Morgan fingerprint density at radius 1 is 0.630 bits per heavy atom. The number of benzene rings is 3. The lowest BCUT2D eigenvalue weighted by molar-refractivity contribution is 0.0444. The highest BCUT2D eigenvalue weighted by Crippen LogP contribution is 2.26. The van der Waals surface area contributed by atoms with E-state index in [1.165, 1.54) is 11.1 Å². The summed E-state index contributed by atoms with van der Waals surface area (Å²) in [6.45, 7) is 0.701. The van der Waals surface area contributed by atoms with Crippen molar-refractivity contribution in [1.82, 2.24) is 4.90 Å². The molecule has 0 unspecified atom stereocenters. The zero-order chi connectivity index (χ0) is 18.9. The predicted molar refractivity (Wildman–Crippen MR) is 109 cm³/mol. The molecule has 3 rings (SSSR count). The Morgan fingerprint density at radius 3 is 1.67 bits per heavy atom. The number of rotatable bonds is 9. The third-order valence-corrected chi connectivity index (χ3v) is 4.96. The van der Waals surface area contributed by atoms with Gasteiger partial charge in [0.25, 0.3) is 0 Å². The maximum atomic E-state index is 10.2. The van der Waals surface area contributed by atoms with E-state index in [-0.39, 0.29) is 25.3 Å². The molecule has 3 aromatic carbocycles. The molecule has 0 aromatic heterocycles. The first kappa shape index (κ1) is 19.3. The summed E-state index contributed by atoms with van der Waals surface area (Å²) >= 11 is 0. The first-order valence-corrected chi connectivity index (χ1v) is 9.42. The topological polar surface area (TPSA) is 43.7 Å². The average Bonchev–Trinajstić information content (AvgIpc) is 2.74. The fourth-order valence-corrected chi connectivity index (χ4v) is 3.54. The van der Waals surface area contributed by atoms with Crippen LogP contribution in [0.25, 0.3) is 0 Å². The summed E-state index contributed by atoms with van der Waals surface area (Å²) < 4.78 is 0. The summed E-state index contributed by atoms with van der Waals surface area (Å²) in [6.07, 6.45) is 0.730. The Balaban J connectivity index is 1.92. The molecular weight excluding hydrogens is 334 g/mol. The Morgan fingerprint density at radius 2 is 1.15 bits per heavy atom. The predicted octanol–water partition coefficient (Wildman–Crippen LogP) is 3.83. The van der Waals surface area contributed by atoms with Gasteiger partial charge >= 0.3 is 0 Å². The third-order valence-electron chi connectivity index (χ3n) is 4.96. The highest BCUT2D eigenvalue weighted by Gasteiger charge is 2.27. The first-order valence-electron chi connectivity index (χ1n) is 9.42. The van der Waals surface area contributed by atoms with E-state index in [9.17, 15) is 10.2 Å². The van der Waals surface area contributed by atoms with Gasteiger partial charge in [0.05, 0.1) is 19.3 Å². The van der Waals surface area contributed by atoms with E-state index in [1.54, 1.807) is 0 Å². The molecule has 0 amide bonds. The standard InChI is InChI=1S/C24H27NO2/c26-18-23(16-20-10-4-1-5-11-20)25(17-21-12-6-2-7-13-21)24(19-27)22-14-8-3-9-15-22/h1-15,23-24,26-27H,16-19H2/t23-,24+/m1/s1. The molecule has 3 aromatic rings. The second-order valence-electron chi connectivity index (χ2n) is 6.79. The molecule has 0 saturated heterocycles. The van der Waals surface area contributed by atoms with Crippen LogP contribution in [0.1, 0.15) is 22.7 Å². The van der Waals surface area contributed by atoms with Gasteiger partial charge in [-0.2, -0.15) is 0 Å². The van der Waals surface area contributed by atoms with Crippen molar-refractivity contribution in [3.05, 3.63) is 108 Å². The molecule has 3 nitrogen and oxygen atoms in total. The fraction of sp³-hybridized carbons (Fsp3) is 0.250. The summed E-state index contributed by atoms with van der Waals surface area (Å²) in [5.74, 6) is 0. The molecule has 2 N–H and O–H groups in total. The van der Waals surface area contributed by atoms with E-state index in [2.05, 4.69) is 29.2 Å². The second kappa shape index (κ2) is 10.0. The van der Waals surface area contributed by atoms with E-state index >= 15 is 0 Å². The van der Waals surface area contributed by atoms with Crippen LogP contribution in [0.5, 0.6) is 0 Å². The first-order chi connectivity index (χ1) is 13.3. The molecule has 140 valence electrons. The minimum atomic E-state index is -0.174. The lowest BCUT2D eigenvalue weighted by Gasteiger charge is -2.37. The number of nitrogens with zero attached hydrogens (tertiary/aromatic N) is 1. The lowest BCUT2D eigenvalue weighted by atomic mass is 9.98. The van der Waals surface area contributed by atoms with Crippen LogP contribution in [-0.4, -0.2) is 34.4 Å². The van der Waals surface area contributed by atoms with Gasteiger partial charge in [-0.15, -0.1) is 0 Å². The molecule has 0 heterocycles. The minimum Gasteiger partial charge on any atom is -0.395 e. The van der Waals surface area contributed by atoms with Gasteiger partial charge in [0.2, 0.25) is 0 Å². The Kier molecular flexibility index (Phi) is 7.17. The molecule has 0 bridgehead atoms. The van der Waals surface area contributed by atoms with Crippen LogP contribution < -0.4 is 0 Å². The minimum absolute atomic E-state index is 0.00212. The Bertz CT molecular complexity index is 777. The number of hydrogen-bond acceptors (Lipinski definition) is 3. The monoisotopic (exact) mass is 361 g/mol. The van der Waals surface area contributed by atoms with E-state index < -0.39 is 0 Å². The van der Waals surface area contributed by atoms with E-state index in [0.29, 0.717) is 6.54 Å². The molecule has 0 fully saturated rings. The van der Waals surface area contributed by atoms with Crippen molar-refractivity contribution in [3.8, 4) is 0 Å². The van der Waals surface area contributed by atoms with Crippen LogP contribution in [0.3, 0.4) is 0 Å². The van der Waals surface area contributed by atoms with Gasteiger partial charge in [-0.1, -0.05) is 91.0 Å². The summed E-state index contributed by atoms with van der Waals surface area (Å²) in [7, 11) is 0. The molecule has 0 spiro atoms. The number of aliphatic hydroxyl groups excluding tert-OH is 2. The molecule has 0 radical (unpaired) electrons. The van der Waals surface area contributed by atoms with E-state index in [1.807, 2.05) is 66.7 Å². The molecular formula is C24H27NO2. The lowest BCUT2D eigenvalue weighted by Crippen LogP contribution is -2.43. The van der Waals surface area contributed by atoms with Gasteiger partial charge in [0, 0.05) is 12.6 Å². The molecule has 27 heavy (non-hydrogen) atoms. The zero-order valence-corrected chi connectivity index (χ0v) is 15.5. The highest BCUT2D eigenvalue weighted by molar-refractivity contribution is 5.22. The molecule has 0 aliphatic carbocycles. The van der Waals surface area contributed by atoms with Gasteiger partial charge in [0.15, 0.2) is 0 Å². The Labute approximate surface area is 161 Å². The van der Waals surface area contributed by atoms with Crippen molar-refractivity contribution < 1.29 is 10.2 Å². The average molecular weight is 361 g/mol. The van der Waals surface area contributed by atoms with Gasteiger partial charge in [-0.25, -0.2) is 0 Å². The second-order valence-corrected chi connectivity index (χ2v) is 6.79. The molecule has 0 aliphatic rings. The van der Waals surface area contributed by atoms with Crippen molar-refractivity contribution in [1.29, 1.82) is 0 Å². The zero-order valence-electron chi connectivity index (χ0n) is 15.5. The SMILES string of the molecule is OC[C@@H](Cc1ccccc1)N(Cc1ccccc1)[C@@H](CO)c1ccccc1. The summed E-state index contributed by atoms with van der Waals surface area (Å²) in [4.78, 5) is 2.22. The molecule has 2 atom stereocenters. The fourth-order valence-electron chi connectivity index (χ4n) is 3.54. The van der Waals surface area contributed by atoms with Gasteiger partial charge in [-0.05, 0) is 23.1 Å². The van der Waals surface area contributed by atoms with Crippen molar-refractivity contribution in [2.75, 3.05) is 13.2 Å². The third kappa shape index (κ3) is 5.27. The summed E-state index contributed by atoms with van der Waals surface area (Å²) in [5, 5.41) is 20.4. The van der Waals surface area contributed by atoms with Crippen LogP contribution in [0.2, 0.25) is 0 Å². The smallest absolute Gasteiger partial charge is 0.0628 e. The van der Waals surface area contributed by atoms with Crippen molar-refractivity contribution in [2.45, 2.75) is 25.0 Å². The van der Waals surface area contributed by atoms with Gasteiger partial charge < -0.3 is 10.2 Å². The van der Waals surface area contributed by atoms with Crippen molar-refractivity contribution in [2.24, 2.45) is 0 Å². The van der Waals surface area contributed by atoms with Crippen molar-refractivity contribution >= 4 is 0 Å². The number of aliphatic hydroxyl groups is 2. The summed E-state index contributed by atoms with van der Waals surface area (Å²) in [5.41, 5.74) is 3.40. The largest absolute Gasteiger partial charge is 0.395 e. The highest BCUT2D eigenvalue weighted by atomic mass is 16.3. The van der Waals surface area contributed by atoms with Crippen LogP contribution >= 0.6 is 0 Å². The molecule has 0 aliphatic heterocycles. The van der Waals surface area contributed by atoms with E-state index in [0.717, 1.165) is 12.0 Å². The van der Waals surface area contributed by atoms with Crippen LogP contribution in [-0.2, 0) is 13.0 Å². The molecule has 3 heteroatoms. The van der Waals surface area contributed by atoms with Crippen LogP contribution in [0, 0.1) is 0 Å². The van der Waals surface area contributed by atoms with Crippen LogP contribution in [0.4, 0.5) is 0 Å². The van der Waals surface area contributed by atoms with Crippen molar-refractivity contribution in [3.63, 3.8) is 0 Å². The van der Waals surface area contributed by atoms with Crippen LogP contribution in [0.15, 0.2) is 91.0 Å². The van der Waals surface area contributed by atoms with E-state index in [4.69, 9.17) is 0 Å². The normalized spacial score (nSPS) is 13.4. The maximum absolute atomic E-state index is 10.2. The maximum Gasteiger partial charge on any atom is 0.0628 e.